The Morgan fingerprint density at radius 2 is 1.50 bits per heavy atom. The second-order valence-corrected chi connectivity index (χ2v) is 5.73. The van der Waals surface area contributed by atoms with Crippen molar-refractivity contribution in [1.82, 2.24) is 0 Å². The number of rotatable bonds is 0. The molecule has 0 aliphatic heterocycles. The quantitative estimate of drug-likeness (QED) is 0.589. The van der Waals surface area contributed by atoms with Crippen molar-refractivity contribution in [2.75, 3.05) is 0 Å². The van der Waals surface area contributed by atoms with E-state index >= 15 is 0 Å². The predicted molar refractivity (Wildman–Crippen MR) is 49.9 cm³/mol. The van der Waals surface area contributed by atoms with Crippen molar-refractivity contribution in [3.8, 4) is 0 Å². The van der Waals surface area contributed by atoms with Crippen molar-refractivity contribution in [3.63, 3.8) is 0 Å². The standard InChI is InChI=1S/C11H20O/c1-10(2)3-5-11(6-4-10)7-9(12)8-11/h9,12H,3-8H2,1-2H3. The molecule has 2 aliphatic rings. The Hall–Kier alpha value is -0.0400. The highest BCUT2D eigenvalue weighted by Crippen LogP contribution is 2.55. The number of aliphatic hydroxyl groups is 1. The van der Waals surface area contributed by atoms with Gasteiger partial charge in [-0.25, -0.2) is 0 Å². The molecule has 0 aromatic rings. The molecule has 0 unspecified atom stereocenters. The van der Waals surface area contributed by atoms with Gasteiger partial charge in [-0.05, 0) is 49.4 Å². The van der Waals surface area contributed by atoms with E-state index in [2.05, 4.69) is 13.8 Å². The lowest BCUT2D eigenvalue weighted by atomic mass is 9.55. The van der Waals surface area contributed by atoms with Crippen molar-refractivity contribution in [1.29, 1.82) is 0 Å². The van der Waals surface area contributed by atoms with Crippen LogP contribution in [-0.2, 0) is 0 Å². The summed E-state index contributed by atoms with van der Waals surface area (Å²) in [4.78, 5) is 0. The molecule has 1 nitrogen and oxygen atoms in total. The Morgan fingerprint density at radius 1 is 1.00 bits per heavy atom. The maximum absolute atomic E-state index is 9.30. The van der Waals surface area contributed by atoms with Gasteiger partial charge in [-0.3, -0.25) is 0 Å². The minimum absolute atomic E-state index is 0.0335. The second-order valence-electron chi connectivity index (χ2n) is 5.73. The topological polar surface area (TPSA) is 20.2 Å². The highest BCUT2D eigenvalue weighted by molar-refractivity contribution is 4.98. The first kappa shape index (κ1) is 8.55. The summed E-state index contributed by atoms with van der Waals surface area (Å²) in [6, 6.07) is 0. The van der Waals surface area contributed by atoms with Gasteiger partial charge in [0.25, 0.3) is 0 Å². The van der Waals surface area contributed by atoms with Crippen LogP contribution in [0.2, 0.25) is 0 Å². The Labute approximate surface area is 75.2 Å². The monoisotopic (exact) mass is 168 g/mol. The summed E-state index contributed by atoms with van der Waals surface area (Å²) in [6.45, 7) is 4.74. The zero-order valence-corrected chi connectivity index (χ0v) is 8.27. The molecule has 0 saturated heterocycles. The smallest absolute Gasteiger partial charge is 0.0550 e. The lowest BCUT2D eigenvalue weighted by molar-refractivity contribution is -0.0714. The van der Waals surface area contributed by atoms with Crippen LogP contribution < -0.4 is 0 Å². The summed E-state index contributed by atoms with van der Waals surface area (Å²) in [5, 5.41) is 9.30. The molecule has 2 rings (SSSR count). The third kappa shape index (κ3) is 1.39. The number of aliphatic hydroxyl groups excluding tert-OH is 1. The SMILES string of the molecule is CC1(C)CCC2(CC1)CC(O)C2. The maximum atomic E-state index is 9.30. The lowest BCUT2D eigenvalue weighted by Crippen LogP contribution is -2.44. The third-order valence-corrected chi connectivity index (χ3v) is 4.00. The van der Waals surface area contributed by atoms with E-state index in [1.54, 1.807) is 0 Å². The van der Waals surface area contributed by atoms with Gasteiger partial charge in [-0.1, -0.05) is 13.8 Å². The summed E-state index contributed by atoms with van der Waals surface area (Å²) in [7, 11) is 0. The molecule has 1 spiro atoms. The van der Waals surface area contributed by atoms with Crippen LogP contribution in [0.25, 0.3) is 0 Å². The lowest BCUT2D eigenvalue weighted by Gasteiger charge is -2.51. The van der Waals surface area contributed by atoms with Crippen molar-refractivity contribution >= 4 is 0 Å². The molecule has 2 aliphatic carbocycles. The number of hydrogen-bond acceptors (Lipinski definition) is 1. The fourth-order valence-corrected chi connectivity index (χ4v) is 2.81. The van der Waals surface area contributed by atoms with E-state index in [0.717, 1.165) is 12.8 Å². The largest absolute Gasteiger partial charge is 0.393 e. The summed E-state index contributed by atoms with van der Waals surface area (Å²) < 4.78 is 0. The van der Waals surface area contributed by atoms with E-state index in [4.69, 9.17) is 0 Å². The van der Waals surface area contributed by atoms with Crippen LogP contribution in [0, 0.1) is 10.8 Å². The van der Waals surface area contributed by atoms with Gasteiger partial charge in [-0.2, -0.15) is 0 Å². The molecular formula is C11H20O. The normalized spacial score (nSPS) is 33.2. The molecule has 0 atom stereocenters. The molecule has 70 valence electrons. The van der Waals surface area contributed by atoms with Crippen molar-refractivity contribution in [3.05, 3.63) is 0 Å². The Morgan fingerprint density at radius 3 is 1.92 bits per heavy atom. The molecule has 0 aromatic heterocycles. The van der Waals surface area contributed by atoms with Crippen LogP contribution in [0.3, 0.4) is 0 Å². The average molecular weight is 168 g/mol. The Kier molecular flexibility index (Phi) is 1.76. The van der Waals surface area contributed by atoms with Crippen molar-refractivity contribution in [2.24, 2.45) is 10.8 Å². The van der Waals surface area contributed by atoms with Gasteiger partial charge in [0.2, 0.25) is 0 Å². The number of hydrogen-bond donors (Lipinski definition) is 1. The zero-order valence-electron chi connectivity index (χ0n) is 8.27. The molecule has 0 bridgehead atoms. The van der Waals surface area contributed by atoms with Crippen LogP contribution in [0.15, 0.2) is 0 Å². The fraction of sp³-hybridized carbons (Fsp3) is 1.00. The van der Waals surface area contributed by atoms with Crippen LogP contribution in [0.1, 0.15) is 52.4 Å². The van der Waals surface area contributed by atoms with Gasteiger partial charge >= 0.3 is 0 Å². The van der Waals surface area contributed by atoms with E-state index in [1.165, 1.54) is 25.7 Å². The minimum Gasteiger partial charge on any atom is -0.393 e. The van der Waals surface area contributed by atoms with Crippen LogP contribution in [-0.4, -0.2) is 11.2 Å². The molecule has 0 amide bonds. The summed E-state index contributed by atoms with van der Waals surface area (Å²) in [5.41, 5.74) is 1.15. The van der Waals surface area contributed by atoms with Gasteiger partial charge in [0.15, 0.2) is 0 Å². The van der Waals surface area contributed by atoms with E-state index < -0.39 is 0 Å². The molecule has 1 N–H and O–H groups in total. The molecule has 0 radical (unpaired) electrons. The zero-order chi connectivity index (χ0) is 8.82. The van der Waals surface area contributed by atoms with E-state index in [-0.39, 0.29) is 6.10 Å². The highest BCUT2D eigenvalue weighted by Gasteiger charge is 2.46. The van der Waals surface area contributed by atoms with Gasteiger partial charge < -0.3 is 5.11 Å². The average Bonchev–Trinajstić information content (AvgIpc) is 1.92. The van der Waals surface area contributed by atoms with Gasteiger partial charge in [0, 0.05) is 0 Å². The van der Waals surface area contributed by atoms with Crippen LogP contribution in [0.5, 0.6) is 0 Å². The minimum atomic E-state index is 0.0335. The second kappa shape index (κ2) is 2.47. The molecule has 12 heavy (non-hydrogen) atoms. The first-order valence-electron chi connectivity index (χ1n) is 5.20. The molecule has 0 aromatic carbocycles. The van der Waals surface area contributed by atoms with Crippen molar-refractivity contribution in [2.45, 2.75) is 58.5 Å². The van der Waals surface area contributed by atoms with E-state index in [1.807, 2.05) is 0 Å². The van der Waals surface area contributed by atoms with E-state index in [9.17, 15) is 5.11 Å². The summed E-state index contributed by atoms with van der Waals surface area (Å²) in [6.07, 6.45) is 7.64. The molecule has 0 heterocycles. The molecule has 2 fully saturated rings. The van der Waals surface area contributed by atoms with Crippen LogP contribution in [0.4, 0.5) is 0 Å². The highest BCUT2D eigenvalue weighted by atomic mass is 16.3. The predicted octanol–water partition coefficient (Wildman–Crippen LogP) is 2.73. The first-order chi connectivity index (χ1) is 5.52. The molecular weight excluding hydrogens is 148 g/mol. The first-order valence-corrected chi connectivity index (χ1v) is 5.20. The van der Waals surface area contributed by atoms with Gasteiger partial charge in [0.05, 0.1) is 6.10 Å². The van der Waals surface area contributed by atoms with E-state index in [0.29, 0.717) is 10.8 Å². The maximum Gasteiger partial charge on any atom is 0.0550 e. The fourth-order valence-electron chi connectivity index (χ4n) is 2.81. The van der Waals surface area contributed by atoms with Crippen LogP contribution >= 0.6 is 0 Å². The van der Waals surface area contributed by atoms with Gasteiger partial charge in [0.1, 0.15) is 0 Å². The molecule has 1 heteroatoms. The third-order valence-electron chi connectivity index (χ3n) is 4.00. The van der Waals surface area contributed by atoms with Crippen molar-refractivity contribution < 1.29 is 5.11 Å². The Bertz CT molecular complexity index is 165. The van der Waals surface area contributed by atoms with Gasteiger partial charge in [-0.15, -0.1) is 0 Å². The Balaban J connectivity index is 1.91. The summed E-state index contributed by atoms with van der Waals surface area (Å²) >= 11 is 0. The summed E-state index contributed by atoms with van der Waals surface area (Å²) in [5.74, 6) is 0. The molecule has 2 saturated carbocycles.